The average molecular weight is 367 g/mol. The Hall–Kier alpha value is -3.15. The van der Waals surface area contributed by atoms with Gasteiger partial charge in [0.15, 0.2) is 12.4 Å². The van der Waals surface area contributed by atoms with Crippen molar-refractivity contribution in [2.24, 2.45) is 5.92 Å². The first-order valence-electron chi connectivity index (χ1n) is 8.69. The summed E-state index contributed by atoms with van der Waals surface area (Å²) in [4.78, 5) is 38.3. The molecule has 0 N–H and O–H groups in total. The van der Waals surface area contributed by atoms with Crippen LogP contribution < -0.4 is 9.64 Å². The monoisotopic (exact) mass is 367 g/mol. The van der Waals surface area contributed by atoms with E-state index < -0.39 is 11.9 Å². The van der Waals surface area contributed by atoms with Crippen molar-refractivity contribution < 1.29 is 23.9 Å². The number of aryl methyl sites for hydroxylation is 1. The summed E-state index contributed by atoms with van der Waals surface area (Å²) in [5.74, 6) is -1.02. The Morgan fingerprint density at radius 1 is 1.11 bits per heavy atom. The van der Waals surface area contributed by atoms with Crippen molar-refractivity contribution in [2.45, 2.75) is 13.3 Å². The van der Waals surface area contributed by atoms with Gasteiger partial charge in [0.05, 0.1) is 18.7 Å². The third-order valence-corrected chi connectivity index (χ3v) is 4.55. The van der Waals surface area contributed by atoms with Gasteiger partial charge in [-0.1, -0.05) is 42.0 Å². The Morgan fingerprint density at radius 3 is 2.52 bits per heavy atom. The van der Waals surface area contributed by atoms with Crippen LogP contribution in [0.3, 0.4) is 0 Å². The molecule has 1 amide bonds. The van der Waals surface area contributed by atoms with E-state index in [1.807, 2.05) is 25.1 Å². The van der Waals surface area contributed by atoms with E-state index in [-0.39, 0.29) is 31.3 Å². The zero-order valence-corrected chi connectivity index (χ0v) is 15.3. The molecular weight excluding hydrogens is 346 g/mol. The van der Waals surface area contributed by atoms with E-state index >= 15 is 0 Å². The molecule has 1 atom stereocenters. The molecule has 2 aromatic carbocycles. The van der Waals surface area contributed by atoms with Crippen LogP contribution in [0.15, 0.2) is 48.5 Å². The smallest absolute Gasteiger partial charge is 0.311 e. The molecular formula is C21H21NO5. The zero-order valence-electron chi connectivity index (χ0n) is 15.3. The fourth-order valence-electron chi connectivity index (χ4n) is 3.03. The number of anilines is 1. The Bertz CT molecular complexity index is 859. The zero-order chi connectivity index (χ0) is 19.4. The van der Waals surface area contributed by atoms with E-state index in [9.17, 15) is 14.4 Å². The largest absolute Gasteiger partial charge is 0.495 e. The number of hydrogen-bond acceptors (Lipinski definition) is 5. The number of carbonyl (C=O) groups is 3. The van der Waals surface area contributed by atoms with Crippen molar-refractivity contribution >= 4 is 23.3 Å². The van der Waals surface area contributed by atoms with Crippen molar-refractivity contribution in [3.8, 4) is 5.75 Å². The number of ketones is 1. The minimum atomic E-state index is -0.603. The topological polar surface area (TPSA) is 72.9 Å². The molecule has 140 valence electrons. The van der Waals surface area contributed by atoms with Crippen molar-refractivity contribution in [1.29, 1.82) is 0 Å². The predicted molar refractivity (Wildman–Crippen MR) is 99.9 cm³/mol. The molecule has 0 radical (unpaired) electrons. The van der Waals surface area contributed by atoms with E-state index in [0.29, 0.717) is 17.0 Å². The van der Waals surface area contributed by atoms with Crippen molar-refractivity contribution in [3.05, 3.63) is 59.7 Å². The minimum Gasteiger partial charge on any atom is -0.495 e. The highest BCUT2D eigenvalue weighted by molar-refractivity contribution is 6.01. The van der Waals surface area contributed by atoms with Gasteiger partial charge >= 0.3 is 5.97 Å². The van der Waals surface area contributed by atoms with Crippen LogP contribution in [-0.2, 0) is 14.3 Å². The highest BCUT2D eigenvalue weighted by Gasteiger charge is 2.37. The van der Waals surface area contributed by atoms with Crippen LogP contribution in [0.2, 0.25) is 0 Å². The molecule has 27 heavy (non-hydrogen) atoms. The summed E-state index contributed by atoms with van der Waals surface area (Å²) in [6.45, 7) is 1.80. The first-order chi connectivity index (χ1) is 13.0. The molecule has 2 aromatic rings. The molecule has 0 unspecified atom stereocenters. The van der Waals surface area contributed by atoms with Crippen LogP contribution in [-0.4, -0.2) is 37.9 Å². The molecule has 0 aliphatic carbocycles. The van der Waals surface area contributed by atoms with Crippen molar-refractivity contribution in [3.63, 3.8) is 0 Å². The van der Waals surface area contributed by atoms with Gasteiger partial charge in [-0.3, -0.25) is 14.4 Å². The molecule has 6 heteroatoms. The number of benzene rings is 2. The Labute approximate surface area is 157 Å². The molecule has 3 rings (SSSR count). The second-order valence-corrected chi connectivity index (χ2v) is 6.47. The summed E-state index contributed by atoms with van der Waals surface area (Å²) >= 11 is 0. The lowest BCUT2D eigenvalue weighted by molar-refractivity contribution is -0.147. The third-order valence-electron chi connectivity index (χ3n) is 4.55. The van der Waals surface area contributed by atoms with Crippen molar-refractivity contribution in [2.75, 3.05) is 25.2 Å². The molecule has 0 aromatic heterocycles. The molecule has 0 spiro atoms. The fraction of sp³-hybridized carbons (Fsp3) is 0.286. The average Bonchev–Trinajstić information content (AvgIpc) is 3.08. The van der Waals surface area contributed by atoms with E-state index in [0.717, 1.165) is 5.56 Å². The van der Waals surface area contributed by atoms with E-state index in [2.05, 4.69) is 0 Å². The molecule has 0 saturated carbocycles. The molecule has 1 aliphatic heterocycles. The van der Waals surface area contributed by atoms with Crippen LogP contribution in [0.25, 0.3) is 0 Å². The quantitative estimate of drug-likeness (QED) is 0.580. The summed E-state index contributed by atoms with van der Waals surface area (Å²) < 4.78 is 10.4. The number of rotatable bonds is 6. The van der Waals surface area contributed by atoms with Gasteiger partial charge in [0.1, 0.15) is 5.75 Å². The number of nitrogens with zero attached hydrogens (tertiary/aromatic N) is 1. The Kier molecular flexibility index (Phi) is 5.54. The van der Waals surface area contributed by atoms with Gasteiger partial charge in [0, 0.05) is 18.5 Å². The predicted octanol–water partition coefficient (Wildman–Crippen LogP) is 2.78. The standard InChI is InChI=1S/C21H21NO5/c1-14-7-9-15(10-8-14)18(23)13-27-21(25)16-11-20(24)22(12-16)17-5-3-4-6-19(17)26-2/h3-10,16H,11-13H2,1-2H3/t16-/m1/s1. The molecule has 1 saturated heterocycles. The number of esters is 1. The first kappa shape index (κ1) is 18.6. The fourth-order valence-corrected chi connectivity index (χ4v) is 3.03. The van der Waals surface area contributed by atoms with Crippen LogP contribution in [0.1, 0.15) is 22.3 Å². The van der Waals surface area contributed by atoms with Gasteiger partial charge in [0.2, 0.25) is 5.91 Å². The Balaban J connectivity index is 1.60. The number of ether oxygens (including phenoxy) is 2. The van der Waals surface area contributed by atoms with Gasteiger partial charge in [-0.05, 0) is 19.1 Å². The second-order valence-electron chi connectivity index (χ2n) is 6.47. The van der Waals surface area contributed by atoms with Crippen LogP contribution >= 0.6 is 0 Å². The van der Waals surface area contributed by atoms with Crippen LogP contribution in [0.4, 0.5) is 5.69 Å². The van der Waals surface area contributed by atoms with E-state index in [1.54, 1.807) is 30.3 Å². The highest BCUT2D eigenvalue weighted by atomic mass is 16.5. The van der Waals surface area contributed by atoms with Gasteiger partial charge < -0.3 is 14.4 Å². The number of carbonyl (C=O) groups excluding carboxylic acids is 3. The lowest BCUT2D eigenvalue weighted by atomic mass is 10.1. The molecule has 1 heterocycles. The number of methoxy groups -OCH3 is 1. The normalized spacial score (nSPS) is 16.3. The minimum absolute atomic E-state index is 0.0512. The number of amides is 1. The van der Waals surface area contributed by atoms with Gasteiger partial charge in [0.25, 0.3) is 0 Å². The third kappa shape index (κ3) is 4.16. The van der Waals surface area contributed by atoms with Crippen LogP contribution in [0.5, 0.6) is 5.75 Å². The molecule has 1 aliphatic rings. The molecule has 1 fully saturated rings. The van der Waals surface area contributed by atoms with Gasteiger partial charge in [-0.25, -0.2) is 0 Å². The van der Waals surface area contributed by atoms with E-state index in [1.165, 1.54) is 12.0 Å². The molecule has 6 nitrogen and oxygen atoms in total. The maximum Gasteiger partial charge on any atom is 0.311 e. The van der Waals surface area contributed by atoms with Crippen LogP contribution in [0, 0.1) is 12.8 Å². The highest BCUT2D eigenvalue weighted by Crippen LogP contribution is 2.33. The number of Topliss-reactive ketones (excluding diaryl/α,β-unsaturated/α-hetero) is 1. The van der Waals surface area contributed by atoms with Gasteiger partial charge in [-0.2, -0.15) is 0 Å². The van der Waals surface area contributed by atoms with E-state index in [4.69, 9.17) is 9.47 Å². The lowest BCUT2D eigenvalue weighted by Gasteiger charge is -2.19. The maximum absolute atomic E-state index is 12.3. The number of para-hydroxylation sites is 2. The number of hydrogen-bond donors (Lipinski definition) is 0. The summed E-state index contributed by atoms with van der Waals surface area (Å²) in [6.07, 6.45) is 0.0512. The maximum atomic E-state index is 12.3. The SMILES string of the molecule is COc1ccccc1N1C[C@H](C(=O)OCC(=O)c2ccc(C)cc2)CC1=O. The van der Waals surface area contributed by atoms with Crippen molar-refractivity contribution in [1.82, 2.24) is 0 Å². The lowest BCUT2D eigenvalue weighted by Crippen LogP contribution is -2.27. The summed E-state index contributed by atoms with van der Waals surface area (Å²) in [5, 5.41) is 0. The molecule has 0 bridgehead atoms. The second kappa shape index (κ2) is 8.03. The first-order valence-corrected chi connectivity index (χ1v) is 8.69. The van der Waals surface area contributed by atoms with Gasteiger partial charge in [-0.15, -0.1) is 0 Å². The summed E-state index contributed by atoms with van der Waals surface area (Å²) in [6, 6.07) is 14.2. The summed E-state index contributed by atoms with van der Waals surface area (Å²) in [5.41, 5.74) is 2.16. The Morgan fingerprint density at radius 2 is 1.81 bits per heavy atom. The summed E-state index contributed by atoms with van der Waals surface area (Å²) in [7, 11) is 1.53.